The molecule has 0 unspecified atom stereocenters. The van der Waals surface area contributed by atoms with E-state index < -0.39 is 0 Å². The van der Waals surface area contributed by atoms with Crippen molar-refractivity contribution in [2.45, 2.75) is 33.6 Å². The number of hydrogen-bond acceptors (Lipinski definition) is 7. The van der Waals surface area contributed by atoms with Crippen molar-refractivity contribution in [3.63, 3.8) is 0 Å². The Labute approximate surface area is 140 Å². The fourth-order valence-electron chi connectivity index (χ4n) is 2.18. The van der Waals surface area contributed by atoms with Gasteiger partial charge in [-0.1, -0.05) is 0 Å². The van der Waals surface area contributed by atoms with Gasteiger partial charge in [0, 0.05) is 29.3 Å². The van der Waals surface area contributed by atoms with Crippen LogP contribution in [0.5, 0.6) is 0 Å². The summed E-state index contributed by atoms with van der Waals surface area (Å²) in [6.45, 7) is 5.65. The summed E-state index contributed by atoms with van der Waals surface area (Å²) in [5.74, 6) is 0.972. The zero-order valence-electron chi connectivity index (χ0n) is 12.9. The van der Waals surface area contributed by atoms with E-state index in [0.717, 1.165) is 26.8 Å². The van der Waals surface area contributed by atoms with Crippen LogP contribution in [-0.2, 0) is 11.2 Å². The summed E-state index contributed by atoms with van der Waals surface area (Å²) >= 11 is 2.64. The molecule has 7 nitrogen and oxygen atoms in total. The van der Waals surface area contributed by atoms with Crippen molar-refractivity contribution in [2.75, 3.05) is 5.32 Å². The summed E-state index contributed by atoms with van der Waals surface area (Å²) in [5, 5.41) is 3.81. The number of nitrogens with zero attached hydrogens (tertiary/aromatic N) is 3. The van der Waals surface area contributed by atoms with Crippen LogP contribution in [0.3, 0.4) is 0 Å². The minimum Gasteiger partial charge on any atom is -0.310 e. The Morgan fingerprint density at radius 2 is 2.04 bits per heavy atom. The molecule has 23 heavy (non-hydrogen) atoms. The molecule has 3 rings (SSSR count). The van der Waals surface area contributed by atoms with Gasteiger partial charge in [0.05, 0.1) is 5.39 Å². The smallest absolute Gasteiger partial charge is 0.259 e. The second kappa shape index (κ2) is 6.17. The molecule has 3 aromatic rings. The van der Waals surface area contributed by atoms with Crippen molar-refractivity contribution in [3.05, 3.63) is 32.4 Å². The molecular formula is C14H15N5O2S2. The van der Waals surface area contributed by atoms with E-state index >= 15 is 0 Å². The number of H-pyrrole nitrogens is 1. The minimum atomic E-state index is -0.178. The third-order valence-electron chi connectivity index (χ3n) is 3.45. The van der Waals surface area contributed by atoms with Crippen molar-refractivity contribution in [1.82, 2.24) is 19.3 Å². The van der Waals surface area contributed by atoms with Crippen LogP contribution in [-0.4, -0.2) is 25.2 Å². The van der Waals surface area contributed by atoms with E-state index in [0.29, 0.717) is 28.6 Å². The standard InChI is InChI=1S/C14H15N5O2S2/c1-6-7(2)22-13-11(6)12(21)16-9(17-13)4-5-10(20)18-14-15-8(3)19-23-14/h4-5H2,1-3H3,(H,16,17,21)(H,15,18,19,20). The molecule has 0 saturated carbocycles. The monoisotopic (exact) mass is 349 g/mol. The molecular weight excluding hydrogens is 334 g/mol. The molecule has 0 aliphatic carbocycles. The number of amides is 1. The second-order valence-corrected chi connectivity index (χ2v) is 7.13. The molecule has 9 heteroatoms. The predicted molar refractivity (Wildman–Crippen MR) is 91.3 cm³/mol. The highest BCUT2D eigenvalue weighted by Crippen LogP contribution is 2.25. The van der Waals surface area contributed by atoms with E-state index in [1.165, 1.54) is 11.3 Å². The van der Waals surface area contributed by atoms with E-state index in [2.05, 4.69) is 24.6 Å². The highest BCUT2D eigenvalue weighted by molar-refractivity contribution is 7.18. The summed E-state index contributed by atoms with van der Waals surface area (Å²) in [7, 11) is 0. The van der Waals surface area contributed by atoms with Crippen molar-refractivity contribution in [2.24, 2.45) is 0 Å². The van der Waals surface area contributed by atoms with Crippen LogP contribution >= 0.6 is 22.9 Å². The predicted octanol–water partition coefficient (Wildman–Crippen LogP) is 2.33. The number of carbonyl (C=O) groups is 1. The molecule has 0 radical (unpaired) electrons. The van der Waals surface area contributed by atoms with Crippen LogP contribution in [0.25, 0.3) is 10.2 Å². The van der Waals surface area contributed by atoms with Gasteiger partial charge in [-0.05, 0) is 26.3 Å². The lowest BCUT2D eigenvalue weighted by Gasteiger charge is -2.02. The molecule has 0 bridgehead atoms. The van der Waals surface area contributed by atoms with Gasteiger partial charge in [-0.3, -0.25) is 9.59 Å². The Morgan fingerprint density at radius 1 is 1.26 bits per heavy atom. The Kier molecular flexibility index (Phi) is 4.22. The molecule has 0 aliphatic rings. The number of aromatic nitrogens is 4. The molecule has 3 aromatic heterocycles. The molecule has 120 valence electrons. The third-order valence-corrected chi connectivity index (χ3v) is 5.27. The van der Waals surface area contributed by atoms with Gasteiger partial charge in [-0.15, -0.1) is 11.3 Å². The number of nitrogens with one attached hydrogen (secondary N) is 2. The average Bonchev–Trinajstić information content (AvgIpc) is 3.01. The lowest BCUT2D eigenvalue weighted by molar-refractivity contribution is -0.116. The number of aromatic amines is 1. The molecule has 1 amide bonds. The first-order valence-corrected chi connectivity index (χ1v) is 8.62. The Hall–Kier alpha value is -2.13. The number of fused-ring (bicyclic) bond motifs is 1. The Balaban J connectivity index is 1.72. The first-order valence-electron chi connectivity index (χ1n) is 7.03. The molecule has 0 spiro atoms. The lowest BCUT2D eigenvalue weighted by atomic mass is 10.2. The fourth-order valence-corrected chi connectivity index (χ4v) is 3.82. The maximum absolute atomic E-state index is 12.2. The van der Waals surface area contributed by atoms with Gasteiger partial charge in [-0.2, -0.15) is 4.37 Å². The third kappa shape index (κ3) is 3.30. The van der Waals surface area contributed by atoms with Crippen molar-refractivity contribution < 1.29 is 4.79 Å². The SMILES string of the molecule is Cc1nsc(NC(=O)CCc2nc3sc(C)c(C)c3c(=O)[nH]2)n1. The summed E-state index contributed by atoms with van der Waals surface area (Å²) in [6.07, 6.45) is 0.585. The maximum atomic E-state index is 12.2. The van der Waals surface area contributed by atoms with Gasteiger partial charge in [0.25, 0.3) is 5.56 Å². The zero-order valence-corrected chi connectivity index (χ0v) is 14.5. The summed E-state index contributed by atoms with van der Waals surface area (Å²) in [6, 6.07) is 0. The number of rotatable bonds is 4. The molecule has 0 aliphatic heterocycles. The molecule has 2 N–H and O–H groups in total. The van der Waals surface area contributed by atoms with Crippen molar-refractivity contribution >= 4 is 44.1 Å². The largest absolute Gasteiger partial charge is 0.310 e. The summed E-state index contributed by atoms with van der Waals surface area (Å²) in [4.78, 5) is 37.2. The number of hydrogen-bond donors (Lipinski definition) is 2. The normalized spacial score (nSPS) is 11.1. The number of anilines is 1. The van der Waals surface area contributed by atoms with Gasteiger partial charge in [0.15, 0.2) is 0 Å². The Morgan fingerprint density at radius 3 is 2.74 bits per heavy atom. The molecule has 0 fully saturated rings. The Bertz CT molecular complexity index is 940. The van der Waals surface area contributed by atoms with Gasteiger partial charge >= 0.3 is 0 Å². The van der Waals surface area contributed by atoms with Crippen LogP contribution in [0.1, 0.15) is 28.5 Å². The fraction of sp³-hybridized carbons (Fsp3) is 0.357. The number of thiophene rings is 1. The highest BCUT2D eigenvalue weighted by Gasteiger charge is 2.13. The van der Waals surface area contributed by atoms with E-state index in [-0.39, 0.29) is 17.9 Å². The maximum Gasteiger partial charge on any atom is 0.259 e. The van der Waals surface area contributed by atoms with E-state index in [1.54, 1.807) is 6.92 Å². The number of aryl methyl sites for hydroxylation is 4. The van der Waals surface area contributed by atoms with Crippen LogP contribution in [0.15, 0.2) is 4.79 Å². The number of carbonyl (C=O) groups excluding carboxylic acids is 1. The van der Waals surface area contributed by atoms with Crippen LogP contribution < -0.4 is 10.9 Å². The second-order valence-electron chi connectivity index (χ2n) is 5.17. The molecule has 0 aromatic carbocycles. The first kappa shape index (κ1) is 15.8. The van der Waals surface area contributed by atoms with Crippen LogP contribution in [0.4, 0.5) is 5.13 Å². The van der Waals surface area contributed by atoms with Gasteiger partial charge in [0.1, 0.15) is 16.5 Å². The molecule has 3 heterocycles. The topological polar surface area (TPSA) is 101 Å². The van der Waals surface area contributed by atoms with E-state index in [9.17, 15) is 9.59 Å². The molecule has 0 atom stereocenters. The van der Waals surface area contributed by atoms with Crippen LogP contribution in [0.2, 0.25) is 0 Å². The first-order chi connectivity index (χ1) is 10.9. The summed E-state index contributed by atoms with van der Waals surface area (Å²) in [5.41, 5.74) is 0.821. The average molecular weight is 349 g/mol. The quantitative estimate of drug-likeness (QED) is 0.753. The lowest BCUT2D eigenvalue weighted by Crippen LogP contribution is -2.16. The van der Waals surface area contributed by atoms with Gasteiger partial charge in [0.2, 0.25) is 11.0 Å². The van der Waals surface area contributed by atoms with E-state index in [1.807, 2.05) is 13.8 Å². The van der Waals surface area contributed by atoms with Crippen molar-refractivity contribution in [3.8, 4) is 0 Å². The van der Waals surface area contributed by atoms with E-state index in [4.69, 9.17) is 0 Å². The molecule has 0 saturated heterocycles. The van der Waals surface area contributed by atoms with Crippen molar-refractivity contribution in [1.29, 1.82) is 0 Å². The summed E-state index contributed by atoms with van der Waals surface area (Å²) < 4.78 is 4.00. The van der Waals surface area contributed by atoms with Gasteiger partial charge < -0.3 is 10.3 Å². The van der Waals surface area contributed by atoms with Crippen LogP contribution in [0, 0.1) is 20.8 Å². The highest BCUT2D eigenvalue weighted by atomic mass is 32.1. The minimum absolute atomic E-state index is 0.146. The zero-order chi connectivity index (χ0) is 16.6. The van der Waals surface area contributed by atoms with Gasteiger partial charge in [-0.25, -0.2) is 9.97 Å².